The molecule has 1 fully saturated rings. The van der Waals surface area contributed by atoms with Crippen LogP contribution in [0.15, 0.2) is 58.0 Å². The summed E-state index contributed by atoms with van der Waals surface area (Å²) in [5, 5.41) is 10.6. The Kier molecular flexibility index (Phi) is 4.19. The minimum Gasteiger partial charge on any atom is -0.401 e. The van der Waals surface area contributed by atoms with Crippen LogP contribution in [0.4, 0.5) is 5.88 Å². The highest BCUT2D eigenvalue weighted by molar-refractivity contribution is 6.13. The highest BCUT2D eigenvalue weighted by Crippen LogP contribution is 2.29. The molecule has 0 bridgehead atoms. The molecule has 1 aliphatic carbocycles. The summed E-state index contributed by atoms with van der Waals surface area (Å²) in [7, 11) is 0. The molecule has 0 N–H and O–H groups in total. The van der Waals surface area contributed by atoms with Crippen molar-refractivity contribution in [2.75, 3.05) is 0 Å². The second kappa shape index (κ2) is 6.44. The van der Waals surface area contributed by atoms with Crippen LogP contribution in [-0.2, 0) is 4.79 Å². The van der Waals surface area contributed by atoms with E-state index < -0.39 is 4.92 Å². The summed E-state index contributed by atoms with van der Waals surface area (Å²) in [6.45, 7) is 0. The summed E-state index contributed by atoms with van der Waals surface area (Å²) in [4.78, 5) is 22.6. The SMILES string of the molecule is O=C1/C(=C\c2ccc([N+](=O)[O-])o2)CCC/C1=C\c1ccccc1. The van der Waals surface area contributed by atoms with Crippen LogP contribution in [-0.4, -0.2) is 10.7 Å². The van der Waals surface area contributed by atoms with Crippen LogP contribution in [0.3, 0.4) is 0 Å². The molecule has 2 aromatic rings. The van der Waals surface area contributed by atoms with Crippen molar-refractivity contribution in [2.24, 2.45) is 0 Å². The molecule has 0 unspecified atom stereocenters. The Morgan fingerprint density at radius 2 is 1.70 bits per heavy atom. The van der Waals surface area contributed by atoms with E-state index in [9.17, 15) is 14.9 Å². The fourth-order valence-electron chi connectivity index (χ4n) is 2.62. The molecule has 0 saturated heterocycles. The van der Waals surface area contributed by atoms with Gasteiger partial charge in [-0.1, -0.05) is 30.3 Å². The standard InChI is InChI=1S/C18H15NO4/c20-18-14(11-13-5-2-1-3-6-13)7-4-8-15(18)12-16-9-10-17(23-16)19(21)22/h1-3,5-6,9-12H,4,7-8H2/b14-11+,15-12-. The molecule has 5 heteroatoms. The van der Waals surface area contributed by atoms with Crippen molar-refractivity contribution >= 4 is 23.8 Å². The maximum absolute atomic E-state index is 12.6. The van der Waals surface area contributed by atoms with Crippen molar-refractivity contribution in [1.82, 2.24) is 0 Å². The predicted molar refractivity (Wildman–Crippen MR) is 86.6 cm³/mol. The molecule has 5 nitrogen and oxygen atoms in total. The van der Waals surface area contributed by atoms with E-state index in [2.05, 4.69) is 0 Å². The zero-order chi connectivity index (χ0) is 16.2. The summed E-state index contributed by atoms with van der Waals surface area (Å²) in [6, 6.07) is 12.5. The summed E-state index contributed by atoms with van der Waals surface area (Å²) >= 11 is 0. The van der Waals surface area contributed by atoms with Crippen molar-refractivity contribution in [3.8, 4) is 0 Å². The lowest BCUT2D eigenvalue weighted by molar-refractivity contribution is -0.402. The van der Waals surface area contributed by atoms with E-state index in [-0.39, 0.29) is 11.7 Å². The Morgan fingerprint density at radius 1 is 1.00 bits per heavy atom. The number of hydrogen-bond acceptors (Lipinski definition) is 4. The lowest BCUT2D eigenvalue weighted by atomic mass is 9.87. The molecule has 0 atom stereocenters. The van der Waals surface area contributed by atoms with Gasteiger partial charge >= 0.3 is 5.88 Å². The molecule has 1 aliphatic rings. The molecule has 0 spiro atoms. The number of hydrogen-bond donors (Lipinski definition) is 0. The number of allylic oxidation sites excluding steroid dienone is 2. The van der Waals surface area contributed by atoms with Gasteiger partial charge in [-0.3, -0.25) is 14.9 Å². The zero-order valence-electron chi connectivity index (χ0n) is 12.4. The quantitative estimate of drug-likeness (QED) is 0.478. The van der Waals surface area contributed by atoms with Gasteiger partial charge in [0.25, 0.3) is 0 Å². The van der Waals surface area contributed by atoms with Crippen LogP contribution < -0.4 is 0 Å². The first-order valence-electron chi connectivity index (χ1n) is 7.38. The van der Waals surface area contributed by atoms with E-state index in [0.717, 1.165) is 24.0 Å². The minimum atomic E-state index is -0.592. The van der Waals surface area contributed by atoms with Crippen molar-refractivity contribution in [1.29, 1.82) is 0 Å². The number of nitrogens with zero attached hydrogens (tertiary/aromatic N) is 1. The molecule has 116 valence electrons. The van der Waals surface area contributed by atoms with Gasteiger partial charge in [-0.15, -0.1) is 0 Å². The first kappa shape index (κ1) is 15.0. The number of Topliss-reactive ketones (excluding diaryl/α,β-unsaturated/α-hetero) is 1. The maximum atomic E-state index is 12.6. The molecule has 1 aromatic heterocycles. The van der Waals surface area contributed by atoms with Crippen LogP contribution in [0.1, 0.15) is 30.6 Å². The summed E-state index contributed by atoms with van der Waals surface area (Å²) in [5.74, 6) is 0.000303. The third-order valence-electron chi connectivity index (χ3n) is 3.73. The van der Waals surface area contributed by atoms with Crippen molar-refractivity contribution < 1.29 is 14.1 Å². The molecule has 23 heavy (non-hydrogen) atoms. The van der Waals surface area contributed by atoms with Crippen LogP contribution in [0, 0.1) is 10.1 Å². The topological polar surface area (TPSA) is 73.3 Å². The van der Waals surface area contributed by atoms with Crippen LogP contribution >= 0.6 is 0 Å². The first-order chi connectivity index (χ1) is 11.1. The Balaban J connectivity index is 1.86. The molecule has 1 heterocycles. The molecular weight excluding hydrogens is 294 g/mol. The molecule has 0 amide bonds. The van der Waals surface area contributed by atoms with Gasteiger partial charge < -0.3 is 4.42 Å². The minimum absolute atomic E-state index is 0.0147. The number of benzene rings is 1. The van der Waals surface area contributed by atoms with E-state index in [1.165, 1.54) is 12.1 Å². The lowest BCUT2D eigenvalue weighted by Crippen LogP contribution is -2.12. The second-order valence-corrected chi connectivity index (χ2v) is 5.37. The van der Waals surface area contributed by atoms with Crippen LogP contribution in [0.5, 0.6) is 0 Å². The van der Waals surface area contributed by atoms with Gasteiger partial charge in [0.15, 0.2) is 5.78 Å². The number of carbonyl (C=O) groups excluding carboxylic acids is 1. The largest absolute Gasteiger partial charge is 0.433 e. The summed E-state index contributed by atoms with van der Waals surface area (Å²) in [6.07, 6.45) is 5.77. The van der Waals surface area contributed by atoms with Crippen molar-refractivity contribution in [3.63, 3.8) is 0 Å². The number of ketones is 1. The first-order valence-corrected chi connectivity index (χ1v) is 7.38. The maximum Gasteiger partial charge on any atom is 0.433 e. The molecule has 0 radical (unpaired) electrons. The highest BCUT2D eigenvalue weighted by Gasteiger charge is 2.21. The average Bonchev–Trinajstić information content (AvgIpc) is 3.01. The van der Waals surface area contributed by atoms with E-state index in [1.54, 1.807) is 6.08 Å². The predicted octanol–water partition coefficient (Wildman–Crippen LogP) is 4.41. The summed E-state index contributed by atoms with van der Waals surface area (Å²) in [5.41, 5.74) is 2.38. The molecule has 0 aliphatic heterocycles. The van der Waals surface area contributed by atoms with Crippen molar-refractivity contribution in [3.05, 3.63) is 75.0 Å². The lowest BCUT2D eigenvalue weighted by Gasteiger charge is -2.16. The number of furan rings is 1. The highest BCUT2D eigenvalue weighted by atomic mass is 16.6. The fourth-order valence-corrected chi connectivity index (χ4v) is 2.62. The van der Waals surface area contributed by atoms with Gasteiger partial charge in [0.1, 0.15) is 10.7 Å². The monoisotopic (exact) mass is 309 g/mol. The van der Waals surface area contributed by atoms with Crippen LogP contribution in [0.2, 0.25) is 0 Å². The molecular formula is C18H15NO4. The Morgan fingerprint density at radius 3 is 2.35 bits per heavy atom. The second-order valence-electron chi connectivity index (χ2n) is 5.37. The summed E-state index contributed by atoms with van der Waals surface area (Å²) < 4.78 is 5.10. The van der Waals surface area contributed by atoms with Crippen molar-refractivity contribution in [2.45, 2.75) is 19.3 Å². The normalized spacial score (nSPS) is 18.5. The third kappa shape index (κ3) is 3.45. The Labute approximate surface area is 133 Å². The van der Waals surface area contributed by atoms with Crippen LogP contribution in [0.25, 0.3) is 12.2 Å². The van der Waals surface area contributed by atoms with Gasteiger partial charge in [0.05, 0.1) is 6.07 Å². The molecule has 3 rings (SSSR count). The van der Waals surface area contributed by atoms with Gasteiger partial charge in [-0.2, -0.15) is 0 Å². The smallest absolute Gasteiger partial charge is 0.401 e. The van der Waals surface area contributed by atoms with E-state index in [4.69, 9.17) is 4.42 Å². The fraction of sp³-hybridized carbons (Fsp3) is 0.167. The van der Waals surface area contributed by atoms with E-state index in [1.807, 2.05) is 36.4 Å². The Bertz CT molecular complexity index is 799. The molecule has 1 saturated carbocycles. The Hall–Kier alpha value is -2.95. The third-order valence-corrected chi connectivity index (χ3v) is 3.73. The number of nitro groups is 1. The van der Waals surface area contributed by atoms with E-state index >= 15 is 0 Å². The number of carbonyl (C=O) groups is 1. The van der Waals surface area contributed by atoms with Gasteiger partial charge in [-0.05, 0) is 43.0 Å². The van der Waals surface area contributed by atoms with Gasteiger partial charge in [0, 0.05) is 11.1 Å². The van der Waals surface area contributed by atoms with E-state index in [0.29, 0.717) is 17.8 Å². The average molecular weight is 309 g/mol. The van der Waals surface area contributed by atoms with Gasteiger partial charge in [0.2, 0.25) is 0 Å². The van der Waals surface area contributed by atoms with Gasteiger partial charge in [-0.25, -0.2) is 0 Å². The zero-order valence-corrected chi connectivity index (χ0v) is 12.4. The number of rotatable bonds is 3. The molecule has 1 aromatic carbocycles.